The second kappa shape index (κ2) is 6.39. The largest absolute Gasteiger partial charge is 0.317 e. The predicted octanol–water partition coefficient (Wildman–Crippen LogP) is 1.92. The van der Waals surface area contributed by atoms with Crippen LogP contribution in [0.25, 0.3) is 0 Å². The quantitative estimate of drug-likeness (QED) is 0.860. The number of nitrogens with zero attached hydrogens (tertiary/aromatic N) is 1. The van der Waals surface area contributed by atoms with Crippen molar-refractivity contribution in [1.29, 1.82) is 0 Å². The summed E-state index contributed by atoms with van der Waals surface area (Å²) in [7, 11) is 0. The lowest BCUT2D eigenvalue weighted by Gasteiger charge is -2.24. The van der Waals surface area contributed by atoms with Crippen molar-refractivity contribution in [3.05, 3.63) is 35.9 Å². The number of amides is 2. The Balaban J connectivity index is 1.61. The van der Waals surface area contributed by atoms with Gasteiger partial charge < -0.3 is 5.32 Å². The SMILES string of the molecule is O=C1CC(c2ccccc2)C(=O)N1CCC1CCNCC1. The van der Waals surface area contributed by atoms with E-state index in [1.54, 1.807) is 0 Å². The normalized spacial score (nSPS) is 23.8. The van der Waals surface area contributed by atoms with E-state index in [1.807, 2.05) is 30.3 Å². The summed E-state index contributed by atoms with van der Waals surface area (Å²) in [6, 6.07) is 9.65. The monoisotopic (exact) mass is 286 g/mol. The van der Waals surface area contributed by atoms with Gasteiger partial charge in [0.1, 0.15) is 0 Å². The van der Waals surface area contributed by atoms with Crippen molar-refractivity contribution in [3.63, 3.8) is 0 Å². The Morgan fingerprint density at radius 3 is 2.52 bits per heavy atom. The zero-order chi connectivity index (χ0) is 14.7. The van der Waals surface area contributed by atoms with Gasteiger partial charge in [-0.25, -0.2) is 0 Å². The third-order valence-corrected chi connectivity index (χ3v) is 4.67. The van der Waals surface area contributed by atoms with Gasteiger partial charge in [0.25, 0.3) is 0 Å². The molecule has 1 aromatic rings. The average Bonchev–Trinajstić information content (AvgIpc) is 2.82. The molecule has 0 bridgehead atoms. The molecule has 21 heavy (non-hydrogen) atoms. The number of imide groups is 1. The topological polar surface area (TPSA) is 49.4 Å². The van der Waals surface area contributed by atoms with Gasteiger partial charge in [0.05, 0.1) is 5.92 Å². The van der Waals surface area contributed by atoms with Crippen molar-refractivity contribution in [3.8, 4) is 0 Å². The highest BCUT2D eigenvalue weighted by molar-refractivity contribution is 6.06. The first kappa shape index (κ1) is 14.3. The molecular weight excluding hydrogens is 264 g/mol. The van der Waals surface area contributed by atoms with Crippen LogP contribution in [0.1, 0.15) is 37.2 Å². The highest BCUT2D eigenvalue weighted by Gasteiger charge is 2.39. The maximum absolute atomic E-state index is 12.5. The Hall–Kier alpha value is -1.68. The van der Waals surface area contributed by atoms with Crippen molar-refractivity contribution < 1.29 is 9.59 Å². The molecular formula is C17H22N2O2. The molecule has 1 aromatic carbocycles. The number of rotatable bonds is 4. The second-order valence-electron chi connectivity index (χ2n) is 6.03. The number of benzene rings is 1. The zero-order valence-electron chi connectivity index (χ0n) is 12.3. The minimum Gasteiger partial charge on any atom is -0.317 e. The number of hydrogen-bond acceptors (Lipinski definition) is 3. The Kier molecular flexibility index (Phi) is 4.34. The first-order chi connectivity index (χ1) is 10.3. The lowest BCUT2D eigenvalue weighted by molar-refractivity contribution is -0.138. The standard InChI is InChI=1S/C17H22N2O2/c20-16-12-15(14-4-2-1-3-5-14)17(21)19(16)11-8-13-6-9-18-10-7-13/h1-5,13,15,18H,6-12H2. The smallest absolute Gasteiger partial charge is 0.237 e. The number of piperidine rings is 1. The third-order valence-electron chi connectivity index (χ3n) is 4.67. The van der Waals surface area contributed by atoms with Gasteiger partial charge in [0.15, 0.2) is 0 Å². The first-order valence-corrected chi connectivity index (χ1v) is 7.85. The summed E-state index contributed by atoms with van der Waals surface area (Å²) in [5.41, 5.74) is 0.959. The number of carbonyl (C=O) groups is 2. The molecule has 2 aliphatic heterocycles. The Bertz CT molecular complexity index is 509. The van der Waals surface area contributed by atoms with Crippen LogP contribution in [0, 0.1) is 5.92 Å². The Morgan fingerprint density at radius 2 is 1.81 bits per heavy atom. The molecule has 2 aliphatic rings. The molecule has 1 unspecified atom stereocenters. The van der Waals surface area contributed by atoms with Gasteiger partial charge in [-0.3, -0.25) is 14.5 Å². The van der Waals surface area contributed by atoms with Crippen LogP contribution in [-0.2, 0) is 9.59 Å². The number of carbonyl (C=O) groups excluding carboxylic acids is 2. The van der Waals surface area contributed by atoms with Crippen LogP contribution in [0.4, 0.5) is 0 Å². The molecule has 0 aliphatic carbocycles. The molecule has 2 heterocycles. The van der Waals surface area contributed by atoms with E-state index in [-0.39, 0.29) is 17.7 Å². The third kappa shape index (κ3) is 3.16. The van der Waals surface area contributed by atoms with Crippen LogP contribution >= 0.6 is 0 Å². The van der Waals surface area contributed by atoms with E-state index in [0.717, 1.165) is 37.9 Å². The van der Waals surface area contributed by atoms with E-state index in [4.69, 9.17) is 0 Å². The van der Waals surface area contributed by atoms with E-state index in [9.17, 15) is 9.59 Å². The summed E-state index contributed by atoms with van der Waals surface area (Å²) in [5, 5.41) is 3.34. The molecule has 0 radical (unpaired) electrons. The van der Waals surface area contributed by atoms with Gasteiger partial charge in [-0.15, -0.1) is 0 Å². The maximum Gasteiger partial charge on any atom is 0.237 e. The molecule has 3 rings (SSSR count). The molecule has 1 atom stereocenters. The van der Waals surface area contributed by atoms with E-state index in [2.05, 4.69) is 5.32 Å². The van der Waals surface area contributed by atoms with E-state index < -0.39 is 0 Å². The van der Waals surface area contributed by atoms with Crippen molar-refractivity contribution >= 4 is 11.8 Å². The van der Waals surface area contributed by atoms with Gasteiger partial charge in [-0.1, -0.05) is 30.3 Å². The van der Waals surface area contributed by atoms with Gasteiger partial charge in [0.2, 0.25) is 11.8 Å². The van der Waals surface area contributed by atoms with Crippen LogP contribution in [0.3, 0.4) is 0 Å². The highest BCUT2D eigenvalue weighted by Crippen LogP contribution is 2.30. The summed E-state index contributed by atoms with van der Waals surface area (Å²) in [4.78, 5) is 26.1. The molecule has 0 spiro atoms. The fraction of sp³-hybridized carbons (Fsp3) is 0.529. The summed E-state index contributed by atoms with van der Waals surface area (Å²) in [6.07, 6.45) is 3.58. The van der Waals surface area contributed by atoms with Crippen LogP contribution < -0.4 is 5.32 Å². The molecule has 0 aromatic heterocycles. The van der Waals surface area contributed by atoms with Crippen molar-refractivity contribution in [1.82, 2.24) is 10.2 Å². The molecule has 4 nitrogen and oxygen atoms in total. The van der Waals surface area contributed by atoms with Crippen molar-refractivity contribution in [2.75, 3.05) is 19.6 Å². The highest BCUT2D eigenvalue weighted by atomic mass is 16.2. The lowest BCUT2D eigenvalue weighted by atomic mass is 9.94. The molecule has 2 saturated heterocycles. The number of likely N-dealkylation sites (tertiary alicyclic amines) is 1. The first-order valence-electron chi connectivity index (χ1n) is 7.85. The van der Waals surface area contributed by atoms with Gasteiger partial charge in [0, 0.05) is 13.0 Å². The van der Waals surface area contributed by atoms with Crippen molar-refractivity contribution in [2.24, 2.45) is 5.92 Å². The Labute approximate surface area is 125 Å². The molecule has 0 saturated carbocycles. The van der Waals surface area contributed by atoms with E-state index in [0.29, 0.717) is 18.9 Å². The van der Waals surface area contributed by atoms with Crippen LogP contribution in [-0.4, -0.2) is 36.3 Å². The maximum atomic E-state index is 12.5. The minimum atomic E-state index is -0.272. The molecule has 1 N–H and O–H groups in total. The predicted molar refractivity (Wildman–Crippen MR) is 80.7 cm³/mol. The average molecular weight is 286 g/mol. The summed E-state index contributed by atoms with van der Waals surface area (Å²) in [6.45, 7) is 2.70. The van der Waals surface area contributed by atoms with Crippen LogP contribution in [0.15, 0.2) is 30.3 Å². The summed E-state index contributed by atoms with van der Waals surface area (Å²) in [5.74, 6) is 0.345. The van der Waals surface area contributed by atoms with Crippen molar-refractivity contribution in [2.45, 2.75) is 31.6 Å². The van der Waals surface area contributed by atoms with E-state index in [1.165, 1.54) is 4.90 Å². The zero-order valence-corrected chi connectivity index (χ0v) is 12.3. The van der Waals surface area contributed by atoms with Crippen LogP contribution in [0.2, 0.25) is 0 Å². The van der Waals surface area contributed by atoms with Gasteiger partial charge >= 0.3 is 0 Å². The lowest BCUT2D eigenvalue weighted by Crippen LogP contribution is -2.34. The molecule has 2 amide bonds. The van der Waals surface area contributed by atoms with Gasteiger partial charge in [-0.2, -0.15) is 0 Å². The summed E-state index contributed by atoms with van der Waals surface area (Å²) >= 11 is 0. The fourth-order valence-corrected chi connectivity index (χ4v) is 3.35. The molecule has 2 fully saturated rings. The van der Waals surface area contributed by atoms with Crippen LogP contribution in [0.5, 0.6) is 0 Å². The fourth-order valence-electron chi connectivity index (χ4n) is 3.35. The summed E-state index contributed by atoms with van der Waals surface area (Å²) < 4.78 is 0. The van der Waals surface area contributed by atoms with E-state index >= 15 is 0 Å². The Morgan fingerprint density at radius 1 is 1.10 bits per heavy atom. The molecule has 4 heteroatoms. The number of hydrogen-bond donors (Lipinski definition) is 1. The number of nitrogens with one attached hydrogen (secondary N) is 1. The van der Waals surface area contributed by atoms with Gasteiger partial charge in [-0.05, 0) is 43.8 Å². The minimum absolute atomic E-state index is 0.0113. The second-order valence-corrected chi connectivity index (χ2v) is 6.03. The molecule has 112 valence electrons.